The summed E-state index contributed by atoms with van der Waals surface area (Å²) < 4.78 is 1.84. The minimum atomic E-state index is -0.447. The van der Waals surface area contributed by atoms with E-state index in [1.165, 1.54) is 34.4 Å². The van der Waals surface area contributed by atoms with Gasteiger partial charge in [0.2, 0.25) is 4.77 Å². The predicted molar refractivity (Wildman–Crippen MR) is 86.8 cm³/mol. The molecule has 9 heteroatoms. The van der Waals surface area contributed by atoms with Crippen LogP contribution in [0.4, 0.5) is 5.69 Å². The average molecular weight is 331 g/mol. The van der Waals surface area contributed by atoms with E-state index in [4.69, 9.17) is 12.2 Å². The zero-order chi connectivity index (χ0) is 15.5. The first-order valence-corrected chi connectivity index (χ1v) is 7.44. The van der Waals surface area contributed by atoms with E-state index >= 15 is 0 Å². The number of thiophene rings is 1. The van der Waals surface area contributed by atoms with Crippen LogP contribution < -0.4 is 0 Å². The zero-order valence-corrected chi connectivity index (χ0v) is 12.7. The number of aromatic nitrogens is 3. The molecule has 0 unspecified atom stereocenters. The third-order valence-electron chi connectivity index (χ3n) is 2.80. The van der Waals surface area contributed by atoms with E-state index in [-0.39, 0.29) is 5.69 Å². The maximum Gasteiger partial charge on any atom is 0.270 e. The Bertz CT molecular complexity index is 895. The van der Waals surface area contributed by atoms with Gasteiger partial charge in [-0.05, 0) is 23.7 Å². The fraction of sp³-hybridized carbons (Fsp3) is 0. The van der Waals surface area contributed by atoms with Crippen molar-refractivity contribution in [1.29, 1.82) is 0 Å². The van der Waals surface area contributed by atoms with E-state index in [2.05, 4.69) is 15.3 Å². The van der Waals surface area contributed by atoms with Crippen LogP contribution in [0.3, 0.4) is 0 Å². The second kappa shape index (κ2) is 6.00. The maximum atomic E-state index is 10.8. The van der Waals surface area contributed by atoms with Gasteiger partial charge in [-0.25, -0.2) is 5.10 Å². The third-order valence-corrected chi connectivity index (χ3v) is 3.93. The van der Waals surface area contributed by atoms with Crippen molar-refractivity contribution in [1.82, 2.24) is 14.9 Å². The second-order valence-electron chi connectivity index (χ2n) is 4.24. The maximum absolute atomic E-state index is 10.8. The lowest BCUT2D eigenvalue weighted by atomic mass is 10.2. The van der Waals surface area contributed by atoms with Crippen molar-refractivity contribution in [3.05, 3.63) is 62.2 Å². The number of hydrogen-bond donors (Lipinski definition) is 1. The molecule has 1 N–H and O–H groups in total. The van der Waals surface area contributed by atoms with Crippen molar-refractivity contribution >= 4 is 35.5 Å². The molecule has 0 aliphatic heterocycles. The first kappa shape index (κ1) is 14.3. The Morgan fingerprint density at radius 3 is 3.00 bits per heavy atom. The number of nitro groups is 1. The lowest BCUT2D eigenvalue weighted by Crippen LogP contribution is -1.94. The van der Waals surface area contributed by atoms with Gasteiger partial charge in [0.1, 0.15) is 0 Å². The van der Waals surface area contributed by atoms with Crippen molar-refractivity contribution < 1.29 is 4.92 Å². The van der Waals surface area contributed by atoms with Crippen LogP contribution in [0.15, 0.2) is 46.9 Å². The highest BCUT2D eigenvalue weighted by Crippen LogP contribution is 2.22. The van der Waals surface area contributed by atoms with Gasteiger partial charge in [-0.2, -0.15) is 14.9 Å². The molecule has 110 valence electrons. The number of hydrogen-bond acceptors (Lipinski definition) is 6. The Labute approximate surface area is 133 Å². The van der Waals surface area contributed by atoms with Crippen molar-refractivity contribution in [2.75, 3.05) is 0 Å². The topological polar surface area (TPSA) is 89.1 Å². The normalized spacial score (nSPS) is 11.1. The van der Waals surface area contributed by atoms with E-state index in [1.54, 1.807) is 12.1 Å². The van der Waals surface area contributed by atoms with Crippen molar-refractivity contribution in [3.63, 3.8) is 0 Å². The molecule has 3 rings (SSSR count). The number of benzene rings is 1. The molecule has 0 aliphatic carbocycles. The minimum absolute atomic E-state index is 0.0122. The molecule has 3 aromatic rings. The van der Waals surface area contributed by atoms with Crippen LogP contribution >= 0.6 is 23.6 Å². The van der Waals surface area contributed by atoms with E-state index in [0.29, 0.717) is 16.2 Å². The van der Waals surface area contributed by atoms with Gasteiger partial charge < -0.3 is 0 Å². The molecule has 2 aromatic heterocycles. The van der Waals surface area contributed by atoms with Crippen LogP contribution in [0, 0.1) is 14.9 Å². The molecule has 0 fully saturated rings. The molecule has 0 saturated heterocycles. The summed E-state index contributed by atoms with van der Waals surface area (Å²) in [6.07, 6.45) is 1.51. The molecule has 0 radical (unpaired) electrons. The highest BCUT2D eigenvalue weighted by Gasteiger charge is 2.09. The summed E-state index contributed by atoms with van der Waals surface area (Å²) in [5.41, 5.74) is 0.618. The standard InChI is InChI=1S/C13H9N5O2S2/c19-18(20)10-4-1-3-9(7-10)8-14-17-12(15-16-13(17)21)11-5-2-6-22-11/h1-8H,(H,16,21)/b14-8-. The van der Waals surface area contributed by atoms with Gasteiger partial charge >= 0.3 is 0 Å². The lowest BCUT2D eigenvalue weighted by molar-refractivity contribution is -0.384. The summed E-state index contributed by atoms with van der Waals surface area (Å²) in [4.78, 5) is 11.2. The van der Waals surface area contributed by atoms with Crippen LogP contribution in [-0.4, -0.2) is 26.0 Å². The molecule has 22 heavy (non-hydrogen) atoms. The van der Waals surface area contributed by atoms with Crippen LogP contribution in [0.25, 0.3) is 10.7 Å². The number of nitrogens with zero attached hydrogens (tertiary/aromatic N) is 4. The minimum Gasteiger partial charge on any atom is -0.258 e. The average Bonchev–Trinajstić information content (AvgIpc) is 3.15. The Kier molecular flexibility index (Phi) is 3.90. The van der Waals surface area contributed by atoms with E-state index in [1.807, 2.05) is 17.5 Å². The number of non-ortho nitro benzene ring substituents is 1. The van der Waals surface area contributed by atoms with Crippen molar-refractivity contribution in [3.8, 4) is 10.7 Å². The quantitative estimate of drug-likeness (QED) is 0.343. The third kappa shape index (κ3) is 2.85. The molecule has 7 nitrogen and oxygen atoms in total. The second-order valence-corrected chi connectivity index (χ2v) is 5.57. The molecule has 0 spiro atoms. The first-order chi connectivity index (χ1) is 10.6. The Morgan fingerprint density at radius 2 is 2.27 bits per heavy atom. The lowest BCUT2D eigenvalue weighted by Gasteiger charge is -1.98. The van der Waals surface area contributed by atoms with Gasteiger partial charge in [0.25, 0.3) is 5.69 Å². The Morgan fingerprint density at radius 1 is 1.41 bits per heavy atom. The SMILES string of the molecule is O=[N+]([O-])c1cccc(/C=N\n2c(-c3cccs3)n[nH]c2=S)c1. The monoisotopic (exact) mass is 331 g/mol. The molecule has 1 aromatic carbocycles. The first-order valence-electron chi connectivity index (χ1n) is 6.15. The highest BCUT2D eigenvalue weighted by atomic mass is 32.1. The van der Waals surface area contributed by atoms with E-state index in [9.17, 15) is 10.1 Å². The Balaban J connectivity index is 1.97. The van der Waals surface area contributed by atoms with Crippen LogP contribution in [0.1, 0.15) is 5.56 Å². The van der Waals surface area contributed by atoms with Crippen molar-refractivity contribution in [2.24, 2.45) is 5.10 Å². The van der Waals surface area contributed by atoms with Gasteiger partial charge in [0.05, 0.1) is 16.0 Å². The number of H-pyrrole nitrogens is 1. The van der Waals surface area contributed by atoms with Gasteiger partial charge in [0.15, 0.2) is 5.82 Å². The van der Waals surface area contributed by atoms with E-state index < -0.39 is 4.92 Å². The largest absolute Gasteiger partial charge is 0.270 e. The van der Waals surface area contributed by atoms with Crippen LogP contribution in [0.2, 0.25) is 0 Å². The summed E-state index contributed by atoms with van der Waals surface area (Å²) in [5.74, 6) is 0.599. The summed E-state index contributed by atoms with van der Waals surface area (Å²) in [5, 5.41) is 23.8. The molecule has 0 aliphatic rings. The van der Waals surface area contributed by atoms with Crippen molar-refractivity contribution in [2.45, 2.75) is 0 Å². The number of aromatic amines is 1. The van der Waals surface area contributed by atoms with Crippen LogP contribution in [-0.2, 0) is 0 Å². The summed E-state index contributed by atoms with van der Waals surface area (Å²) >= 11 is 6.68. The summed E-state index contributed by atoms with van der Waals surface area (Å²) in [7, 11) is 0. The highest BCUT2D eigenvalue weighted by molar-refractivity contribution is 7.71. The van der Waals surface area contributed by atoms with E-state index in [0.717, 1.165) is 4.88 Å². The summed E-state index contributed by atoms with van der Waals surface area (Å²) in [6, 6.07) is 10.0. The molecule has 0 saturated carbocycles. The molecule has 0 atom stereocenters. The summed E-state index contributed by atoms with van der Waals surface area (Å²) in [6.45, 7) is 0. The molecule has 2 heterocycles. The van der Waals surface area contributed by atoms with Crippen LogP contribution in [0.5, 0.6) is 0 Å². The fourth-order valence-electron chi connectivity index (χ4n) is 1.81. The molecular formula is C13H9N5O2S2. The van der Waals surface area contributed by atoms with Gasteiger partial charge in [-0.15, -0.1) is 11.3 Å². The predicted octanol–water partition coefficient (Wildman–Crippen LogP) is 3.46. The van der Waals surface area contributed by atoms with Gasteiger partial charge in [-0.1, -0.05) is 18.2 Å². The number of nitro benzene ring substituents is 1. The molecular weight excluding hydrogens is 322 g/mol. The fourth-order valence-corrected chi connectivity index (χ4v) is 2.68. The zero-order valence-electron chi connectivity index (χ0n) is 11.0. The van der Waals surface area contributed by atoms with Gasteiger partial charge in [-0.3, -0.25) is 10.1 Å². The Hall–Kier alpha value is -2.65. The number of rotatable bonds is 4. The van der Waals surface area contributed by atoms with Gasteiger partial charge in [0, 0.05) is 17.7 Å². The molecule has 0 amide bonds. The molecule has 0 bridgehead atoms. The smallest absolute Gasteiger partial charge is 0.258 e. The number of nitrogens with one attached hydrogen (secondary N) is 1.